The lowest BCUT2D eigenvalue weighted by Crippen LogP contribution is -2.20. The first-order chi connectivity index (χ1) is 11.5. The van der Waals surface area contributed by atoms with Gasteiger partial charge in [-0.2, -0.15) is 4.98 Å². The van der Waals surface area contributed by atoms with Crippen molar-refractivity contribution < 1.29 is 14.1 Å². The third-order valence-electron chi connectivity index (χ3n) is 3.12. The molecule has 1 aromatic carbocycles. The first-order valence-electron chi connectivity index (χ1n) is 7.10. The molecule has 24 heavy (non-hydrogen) atoms. The maximum atomic E-state index is 12.0. The molecule has 124 valence electrons. The Bertz CT molecular complexity index is 858. The zero-order valence-corrected chi connectivity index (χ0v) is 14.6. The maximum Gasteiger partial charge on any atom is 0.262 e. The fourth-order valence-corrected chi connectivity index (χ4v) is 3.01. The van der Waals surface area contributed by atoms with Crippen LogP contribution >= 0.6 is 22.9 Å². The largest absolute Gasteiger partial charge is 0.484 e. The average molecular weight is 364 g/mol. The van der Waals surface area contributed by atoms with Crippen LogP contribution in [0, 0.1) is 13.8 Å². The van der Waals surface area contributed by atoms with Gasteiger partial charge in [-0.1, -0.05) is 16.8 Å². The molecule has 0 aliphatic rings. The Morgan fingerprint density at radius 3 is 2.75 bits per heavy atom. The van der Waals surface area contributed by atoms with Crippen LogP contribution in [0.3, 0.4) is 0 Å². The van der Waals surface area contributed by atoms with Gasteiger partial charge in [0.2, 0.25) is 11.7 Å². The van der Waals surface area contributed by atoms with Gasteiger partial charge in [-0.15, -0.1) is 11.3 Å². The number of ether oxygens (including phenoxy) is 1. The Kier molecular flexibility index (Phi) is 4.82. The summed E-state index contributed by atoms with van der Waals surface area (Å²) in [6.07, 6.45) is 0. The van der Waals surface area contributed by atoms with Gasteiger partial charge in [-0.25, -0.2) is 0 Å². The first kappa shape index (κ1) is 16.5. The molecule has 0 aliphatic heterocycles. The van der Waals surface area contributed by atoms with Crippen LogP contribution in [0.5, 0.6) is 5.75 Å². The molecule has 1 N–H and O–H groups in total. The molecule has 2 aromatic heterocycles. The molecule has 1 amide bonds. The van der Waals surface area contributed by atoms with E-state index in [1.165, 1.54) is 11.3 Å². The molecule has 0 atom stereocenters. The molecule has 0 aliphatic carbocycles. The molecule has 0 saturated heterocycles. The van der Waals surface area contributed by atoms with E-state index < -0.39 is 0 Å². The smallest absolute Gasteiger partial charge is 0.262 e. The van der Waals surface area contributed by atoms with Gasteiger partial charge in [0, 0.05) is 16.8 Å². The summed E-state index contributed by atoms with van der Waals surface area (Å²) in [4.78, 5) is 18.0. The lowest BCUT2D eigenvalue weighted by atomic mass is 10.3. The van der Waals surface area contributed by atoms with Crippen LogP contribution in [0.15, 0.2) is 34.9 Å². The van der Waals surface area contributed by atoms with Crippen molar-refractivity contribution in [2.45, 2.75) is 13.8 Å². The van der Waals surface area contributed by atoms with E-state index in [9.17, 15) is 4.79 Å². The van der Waals surface area contributed by atoms with Gasteiger partial charge in [0.25, 0.3) is 5.91 Å². The lowest BCUT2D eigenvalue weighted by molar-refractivity contribution is -0.118. The van der Waals surface area contributed by atoms with Crippen LogP contribution in [-0.4, -0.2) is 22.7 Å². The van der Waals surface area contributed by atoms with E-state index in [2.05, 4.69) is 15.5 Å². The van der Waals surface area contributed by atoms with E-state index in [1.54, 1.807) is 31.2 Å². The zero-order chi connectivity index (χ0) is 17.1. The molecule has 0 saturated carbocycles. The van der Waals surface area contributed by atoms with Gasteiger partial charge in [0.05, 0.1) is 10.6 Å². The number of hydrogen-bond donors (Lipinski definition) is 1. The van der Waals surface area contributed by atoms with Crippen molar-refractivity contribution in [2.75, 3.05) is 11.9 Å². The Morgan fingerprint density at radius 1 is 1.33 bits per heavy atom. The molecule has 3 aromatic rings. The number of carbonyl (C=O) groups excluding carboxylic acids is 1. The normalized spacial score (nSPS) is 10.6. The van der Waals surface area contributed by atoms with Gasteiger partial charge in [-0.05, 0) is 37.3 Å². The van der Waals surface area contributed by atoms with Gasteiger partial charge >= 0.3 is 0 Å². The minimum Gasteiger partial charge on any atom is -0.484 e. The second-order valence-electron chi connectivity index (χ2n) is 5.01. The summed E-state index contributed by atoms with van der Waals surface area (Å²) >= 11 is 7.29. The Morgan fingerprint density at radius 2 is 2.08 bits per heavy atom. The number of nitrogens with one attached hydrogen (secondary N) is 1. The second kappa shape index (κ2) is 7.02. The van der Waals surface area contributed by atoms with Gasteiger partial charge in [0.15, 0.2) is 6.61 Å². The topological polar surface area (TPSA) is 77.2 Å². The summed E-state index contributed by atoms with van der Waals surface area (Å²) in [6.45, 7) is 3.55. The number of aryl methyl sites for hydroxylation is 2. The summed E-state index contributed by atoms with van der Waals surface area (Å²) in [5, 5.41) is 7.32. The molecular weight excluding hydrogens is 350 g/mol. The van der Waals surface area contributed by atoms with E-state index in [0.29, 0.717) is 28.2 Å². The number of aromatic nitrogens is 2. The number of halogens is 1. The van der Waals surface area contributed by atoms with Crippen molar-refractivity contribution in [3.05, 3.63) is 46.1 Å². The van der Waals surface area contributed by atoms with Crippen molar-refractivity contribution in [2.24, 2.45) is 0 Å². The Labute approximate surface area is 147 Å². The zero-order valence-electron chi connectivity index (χ0n) is 13.0. The van der Waals surface area contributed by atoms with E-state index in [0.717, 1.165) is 9.75 Å². The van der Waals surface area contributed by atoms with Crippen molar-refractivity contribution in [3.63, 3.8) is 0 Å². The van der Waals surface area contributed by atoms with Gasteiger partial charge < -0.3 is 14.6 Å². The third kappa shape index (κ3) is 3.93. The highest BCUT2D eigenvalue weighted by Crippen LogP contribution is 2.32. The lowest BCUT2D eigenvalue weighted by Gasteiger charge is -2.07. The van der Waals surface area contributed by atoms with Gasteiger partial charge in [-0.3, -0.25) is 4.79 Å². The Hall–Kier alpha value is -2.38. The quantitative estimate of drug-likeness (QED) is 0.738. The monoisotopic (exact) mass is 363 g/mol. The van der Waals surface area contributed by atoms with Crippen molar-refractivity contribution in [1.29, 1.82) is 0 Å². The number of carbonyl (C=O) groups is 1. The predicted molar refractivity (Wildman–Crippen MR) is 92.7 cm³/mol. The number of amides is 1. The summed E-state index contributed by atoms with van der Waals surface area (Å²) in [5.74, 6) is 1.35. The molecule has 0 bridgehead atoms. The van der Waals surface area contributed by atoms with Crippen LogP contribution in [0.2, 0.25) is 5.02 Å². The van der Waals surface area contributed by atoms with Crippen LogP contribution in [0.1, 0.15) is 10.8 Å². The molecule has 2 heterocycles. The highest BCUT2D eigenvalue weighted by Gasteiger charge is 2.14. The molecule has 3 rings (SSSR count). The molecule has 0 spiro atoms. The molecular formula is C16H14ClN3O3S. The third-order valence-corrected chi connectivity index (χ3v) is 4.42. The molecule has 8 heteroatoms. The molecule has 0 fully saturated rings. The number of benzene rings is 1. The summed E-state index contributed by atoms with van der Waals surface area (Å²) in [5.41, 5.74) is 0.710. The predicted octanol–water partition coefficient (Wildman–Crippen LogP) is 4.09. The van der Waals surface area contributed by atoms with Crippen molar-refractivity contribution >= 4 is 34.5 Å². The van der Waals surface area contributed by atoms with Crippen LogP contribution < -0.4 is 10.1 Å². The average Bonchev–Trinajstić information content (AvgIpc) is 3.13. The first-order valence-corrected chi connectivity index (χ1v) is 8.30. The molecule has 0 unspecified atom stereocenters. The number of thiophene rings is 1. The van der Waals surface area contributed by atoms with Crippen LogP contribution in [0.25, 0.3) is 10.7 Å². The second-order valence-corrected chi connectivity index (χ2v) is 6.70. The van der Waals surface area contributed by atoms with E-state index >= 15 is 0 Å². The van der Waals surface area contributed by atoms with E-state index in [4.69, 9.17) is 20.9 Å². The highest BCUT2D eigenvalue weighted by molar-refractivity contribution is 7.16. The number of hydrogen-bond acceptors (Lipinski definition) is 6. The highest BCUT2D eigenvalue weighted by atomic mass is 35.5. The van der Waals surface area contributed by atoms with Gasteiger partial charge in [0.1, 0.15) is 5.75 Å². The fourth-order valence-electron chi connectivity index (χ4n) is 1.98. The van der Waals surface area contributed by atoms with E-state index in [-0.39, 0.29) is 12.5 Å². The van der Waals surface area contributed by atoms with Crippen LogP contribution in [0.4, 0.5) is 5.69 Å². The minimum absolute atomic E-state index is 0.0897. The van der Waals surface area contributed by atoms with E-state index in [1.807, 2.05) is 13.0 Å². The summed E-state index contributed by atoms with van der Waals surface area (Å²) in [7, 11) is 0. The fraction of sp³-hybridized carbons (Fsp3) is 0.188. The minimum atomic E-state index is -0.248. The number of nitrogens with zero attached hydrogens (tertiary/aromatic N) is 2. The molecule has 6 nitrogen and oxygen atoms in total. The summed E-state index contributed by atoms with van der Waals surface area (Å²) in [6, 6.07) is 8.66. The van der Waals surface area contributed by atoms with Crippen molar-refractivity contribution in [1.82, 2.24) is 10.1 Å². The Balaban J connectivity index is 1.62. The standard InChI is InChI=1S/C16H14ClN3O3S/c1-9-13(7-14(24-9)16-18-10(2)23-20-16)19-15(21)8-22-12-5-3-11(17)4-6-12/h3-7H,8H2,1-2H3,(H,19,21). The SMILES string of the molecule is Cc1nc(-c2cc(NC(=O)COc3ccc(Cl)cc3)c(C)s2)no1. The maximum absolute atomic E-state index is 12.0. The van der Waals surface area contributed by atoms with Crippen molar-refractivity contribution in [3.8, 4) is 16.5 Å². The number of anilines is 1. The summed E-state index contributed by atoms with van der Waals surface area (Å²) < 4.78 is 10.4. The van der Waals surface area contributed by atoms with Crippen LogP contribution in [-0.2, 0) is 4.79 Å². The number of rotatable bonds is 5. The molecule has 0 radical (unpaired) electrons.